The third-order valence-electron chi connectivity index (χ3n) is 10.7. The van der Waals surface area contributed by atoms with Crippen LogP contribution in [-0.2, 0) is 4.79 Å². The molecule has 0 aliphatic rings. The van der Waals surface area contributed by atoms with Gasteiger partial charge in [0.1, 0.15) is 0 Å². The van der Waals surface area contributed by atoms with Gasteiger partial charge in [0.25, 0.3) is 0 Å². The van der Waals surface area contributed by atoms with Crippen LogP contribution in [0.2, 0.25) is 0 Å². The van der Waals surface area contributed by atoms with Gasteiger partial charge in [0.05, 0.1) is 18.8 Å². The van der Waals surface area contributed by atoms with E-state index < -0.39 is 12.1 Å². The van der Waals surface area contributed by atoms with E-state index in [4.69, 9.17) is 0 Å². The summed E-state index contributed by atoms with van der Waals surface area (Å²) in [5, 5.41) is 23.0. The predicted octanol–water partition coefficient (Wildman–Crippen LogP) is 14.4. The zero-order chi connectivity index (χ0) is 37.1. The van der Waals surface area contributed by atoms with E-state index in [1.165, 1.54) is 199 Å². The summed E-state index contributed by atoms with van der Waals surface area (Å²) < 4.78 is 0. The number of carbonyl (C=O) groups is 1. The van der Waals surface area contributed by atoms with Crippen molar-refractivity contribution in [3.63, 3.8) is 0 Å². The molecule has 0 fully saturated rings. The molecule has 4 heteroatoms. The molecule has 0 saturated heterocycles. The number of unbranched alkanes of at least 4 members (excludes halogenated alkanes) is 33. The van der Waals surface area contributed by atoms with Crippen LogP contribution >= 0.6 is 0 Å². The van der Waals surface area contributed by atoms with Crippen LogP contribution in [0.5, 0.6) is 0 Å². The summed E-state index contributed by atoms with van der Waals surface area (Å²) >= 11 is 0. The van der Waals surface area contributed by atoms with Gasteiger partial charge in [-0.2, -0.15) is 0 Å². The Hall–Kier alpha value is -1.13. The number of rotatable bonds is 42. The van der Waals surface area contributed by atoms with Gasteiger partial charge in [0.2, 0.25) is 5.91 Å². The van der Waals surface area contributed by atoms with Crippen LogP contribution in [0.1, 0.15) is 251 Å². The molecule has 302 valence electrons. The summed E-state index contributed by atoms with van der Waals surface area (Å²) in [7, 11) is 0. The smallest absolute Gasteiger partial charge is 0.220 e. The largest absolute Gasteiger partial charge is 0.394 e. The third-order valence-corrected chi connectivity index (χ3v) is 10.7. The number of allylic oxidation sites excluding steroid dienone is 3. The number of amides is 1. The molecule has 0 rings (SSSR count). The van der Waals surface area contributed by atoms with E-state index in [1.54, 1.807) is 6.08 Å². The zero-order valence-electron chi connectivity index (χ0n) is 34.6. The fourth-order valence-corrected chi connectivity index (χ4v) is 7.14. The Bertz CT molecular complexity index is 735. The van der Waals surface area contributed by atoms with Crippen LogP contribution < -0.4 is 5.32 Å². The van der Waals surface area contributed by atoms with Gasteiger partial charge in [-0.1, -0.05) is 237 Å². The summed E-state index contributed by atoms with van der Waals surface area (Å²) in [5.74, 6) is -0.0695. The highest BCUT2D eigenvalue weighted by Crippen LogP contribution is 2.16. The highest BCUT2D eigenvalue weighted by Gasteiger charge is 2.17. The molecule has 3 N–H and O–H groups in total. The van der Waals surface area contributed by atoms with Crippen molar-refractivity contribution in [1.29, 1.82) is 0 Å². The molecule has 0 aromatic rings. The predicted molar refractivity (Wildman–Crippen MR) is 225 cm³/mol. The van der Waals surface area contributed by atoms with Gasteiger partial charge >= 0.3 is 0 Å². The van der Waals surface area contributed by atoms with Crippen LogP contribution in [0.4, 0.5) is 0 Å². The molecule has 0 heterocycles. The van der Waals surface area contributed by atoms with Crippen LogP contribution in [-0.4, -0.2) is 34.9 Å². The maximum atomic E-state index is 12.4. The van der Waals surface area contributed by atoms with Gasteiger partial charge in [-0.05, 0) is 32.1 Å². The van der Waals surface area contributed by atoms with Crippen molar-refractivity contribution in [2.45, 2.75) is 264 Å². The average molecular weight is 718 g/mol. The lowest BCUT2D eigenvalue weighted by Crippen LogP contribution is -2.45. The number of hydrogen-bond acceptors (Lipinski definition) is 3. The summed E-state index contributed by atoms with van der Waals surface area (Å²) in [6.45, 7) is 4.31. The zero-order valence-corrected chi connectivity index (χ0v) is 34.6. The molecule has 2 atom stereocenters. The van der Waals surface area contributed by atoms with Crippen molar-refractivity contribution >= 4 is 5.91 Å². The molecule has 1 amide bonds. The molecule has 0 bridgehead atoms. The Kier molecular flexibility index (Phi) is 42.3. The summed E-state index contributed by atoms with van der Waals surface area (Å²) in [6, 6.07) is -0.634. The van der Waals surface area contributed by atoms with E-state index >= 15 is 0 Å². The molecule has 0 radical (unpaired) electrons. The maximum absolute atomic E-state index is 12.4. The molecule has 51 heavy (non-hydrogen) atoms. The van der Waals surface area contributed by atoms with Gasteiger partial charge in [0, 0.05) is 6.42 Å². The Morgan fingerprint density at radius 2 is 0.765 bits per heavy atom. The normalized spacial score (nSPS) is 13.1. The van der Waals surface area contributed by atoms with Crippen LogP contribution in [0.15, 0.2) is 24.3 Å². The molecular weight excluding hydrogens is 627 g/mol. The fourth-order valence-electron chi connectivity index (χ4n) is 7.14. The van der Waals surface area contributed by atoms with E-state index in [-0.39, 0.29) is 12.5 Å². The van der Waals surface area contributed by atoms with Crippen molar-refractivity contribution in [2.75, 3.05) is 6.61 Å². The van der Waals surface area contributed by atoms with Crippen molar-refractivity contribution in [1.82, 2.24) is 5.32 Å². The second-order valence-corrected chi connectivity index (χ2v) is 15.8. The SMILES string of the molecule is CCCCCCCCCCCC/C=C/CC/C=C/[C@@H](O)[C@H](CO)NC(=O)CCCCCCCCCCCCCCCCCCCCCCCCC. The van der Waals surface area contributed by atoms with Gasteiger partial charge in [-0.3, -0.25) is 4.79 Å². The second-order valence-electron chi connectivity index (χ2n) is 15.8. The molecular formula is C47H91NO3. The van der Waals surface area contributed by atoms with Crippen molar-refractivity contribution in [2.24, 2.45) is 0 Å². The van der Waals surface area contributed by atoms with E-state index in [2.05, 4.69) is 31.3 Å². The lowest BCUT2D eigenvalue weighted by molar-refractivity contribution is -0.123. The summed E-state index contributed by atoms with van der Waals surface area (Å²) in [6.07, 6.45) is 55.8. The molecule has 0 unspecified atom stereocenters. The first-order valence-electron chi connectivity index (χ1n) is 23.1. The first-order chi connectivity index (χ1) is 25.2. The first kappa shape index (κ1) is 49.9. The number of carbonyl (C=O) groups excluding carboxylic acids is 1. The number of nitrogens with one attached hydrogen (secondary N) is 1. The maximum Gasteiger partial charge on any atom is 0.220 e. The van der Waals surface area contributed by atoms with Crippen LogP contribution in [0, 0.1) is 0 Å². The van der Waals surface area contributed by atoms with Crippen molar-refractivity contribution < 1.29 is 15.0 Å². The molecule has 0 spiro atoms. The Morgan fingerprint density at radius 1 is 0.451 bits per heavy atom. The van der Waals surface area contributed by atoms with Crippen molar-refractivity contribution in [3.8, 4) is 0 Å². The number of hydrogen-bond donors (Lipinski definition) is 3. The van der Waals surface area contributed by atoms with Crippen molar-refractivity contribution in [3.05, 3.63) is 24.3 Å². The number of aliphatic hydroxyl groups is 2. The standard InChI is InChI=1S/C47H91NO3/c1-3-5-7-9-11-13-15-17-19-21-22-23-24-25-26-27-29-31-33-35-37-39-41-43-47(51)48-45(44-49)46(50)42-40-38-36-34-32-30-28-20-18-16-14-12-10-8-6-4-2/h32,34,40,42,45-46,49-50H,3-31,33,35-39,41,43-44H2,1-2H3,(H,48,51)/b34-32+,42-40+/t45-,46+/m0/s1. The Labute approximate surface area is 319 Å². The highest BCUT2D eigenvalue weighted by molar-refractivity contribution is 5.76. The minimum Gasteiger partial charge on any atom is -0.394 e. The summed E-state index contributed by atoms with van der Waals surface area (Å²) in [5.41, 5.74) is 0. The summed E-state index contributed by atoms with van der Waals surface area (Å²) in [4.78, 5) is 12.4. The fraction of sp³-hybridized carbons (Fsp3) is 0.894. The van der Waals surface area contributed by atoms with Gasteiger partial charge < -0.3 is 15.5 Å². The van der Waals surface area contributed by atoms with Crippen LogP contribution in [0.3, 0.4) is 0 Å². The van der Waals surface area contributed by atoms with Gasteiger partial charge in [0.15, 0.2) is 0 Å². The Balaban J connectivity index is 3.53. The highest BCUT2D eigenvalue weighted by atomic mass is 16.3. The molecule has 0 aliphatic heterocycles. The number of aliphatic hydroxyl groups excluding tert-OH is 2. The minimum absolute atomic E-state index is 0.0695. The first-order valence-corrected chi connectivity index (χ1v) is 23.1. The molecule has 0 aliphatic carbocycles. The monoisotopic (exact) mass is 718 g/mol. The lowest BCUT2D eigenvalue weighted by atomic mass is 10.0. The van der Waals surface area contributed by atoms with Gasteiger partial charge in [-0.15, -0.1) is 0 Å². The minimum atomic E-state index is -0.857. The second kappa shape index (κ2) is 43.3. The molecule has 0 aromatic heterocycles. The Morgan fingerprint density at radius 3 is 1.14 bits per heavy atom. The van der Waals surface area contributed by atoms with E-state index in [1.807, 2.05) is 6.08 Å². The van der Waals surface area contributed by atoms with Gasteiger partial charge in [-0.25, -0.2) is 0 Å². The molecule has 0 aromatic carbocycles. The average Bonchev–Trinajstić information content (AvgIpc) is 3.13. The quantitative estimate of drug-likeness (QED) is 0.0435. The van der Waals surface area contributed by atoms with Crippen LogP contribution in [0.25, 0.3) is 0 Å². The molecule has 0 saturated carbocycles. The topological polar surface area (TPSA) is 69.6 Å². The van der Waals surface area contributed by atoms with E-state index in [9.17, 15) is 15.0 Å². The third kappa shape index (κ3) is 39.9. The van der Waals surface area contributed by atoms with E-state index in [0.29, 0.717) is 6.42 Å². The van der Waals surface area contributed by atoms with E-state index in [0.717, 1.165) is 32.1 Å². The lowest BCUT2D eigenvalue weighted by Gasteiger charge is -2.19. The molecule has 4 nitrogen and oxygen atoms in total.